The Labute approximate surface area is 155 Å². The molecular formula is C17H23BrClFN2O2. The van der Waals surface area contributed by atoms with Crippen molar-refractivity contribution >= 4 is 39.3 Å². The van der Waals surface area contributed by atoms with Gasteiger partial charge in [-0.2, -0.15) is 0 Å². The molecule has 0 radical (unpaired) electrons. The van der Waals surface area contributed by atoms with Gasteiger partial charge in [0.15, 0.2) is 0 Å². The Morgan fingerprint density at radius 2 is 1.83 bits per heavy atom. The van der Waals surface area contributed by atoms with E-state index in [1.54, 1.807) is 0 Å². The van der Waals surface area contributed by atoms with Gasteiger partial charge in [-0.15, -0.1) is 0 Å². The Hall–Kier alpha value is -1.01. The molecule has 2 N–H and O–H groups in total. The third-order valence-corrected chi connectivity index (χ3v) is 4.73. The average molecular weight is 422 g/mol. The van der Waals surface area contributed by atoms with Crippen LogP contribution >= 0.6 is 27.5 Å². The van der Waals surface area contributed by atoms with Crippen molar-refractivity contribution in [3.63, 3.8) is 0 Å². The van der Waals surface area contributed by atoms with Crippen LogP contribution in [0.1, 0.15) is 46.5 Å². The summed E-state index contributed by atoms with van der Waals surface area (Å²) in [7, 11) is 0. The number of ether oxygens (including phenoxy) is 1. The summed E-state index contributed by atoms with van der Waals surface area (Å²) in [5.74, 6) is -0.373. The van der Waals surface area contributed by atoms with Gasteiger partial charge < -0.3 is 15.4 Å². The Morgan fingerprint density at radius 3 is 2.38 bits per heavy atom. The van der Waals surface area contributed by atoms with Crippen LogP contribution in [0.25, 0.3) is 0 Å². The van der Waals surface area contributed by atoms with E-state index in [1.807, 2.05) is 20.8 Å². The highest BCUT2D eigenvalue weighted by atomic mass is 79.9. The lowest BCUT2D eigenvalue weighted by molar-refractivity contribution is 0.0492. The number of amides is 1. The van der Waals surface area contributed by atoms with E-state index in [-0.39, 0.29) is 24.0 Å². The summed E-state index contributed by atoms with van der Waals surface area (Å²) < 4.78 is 19.2. The maximum Gasteiger partial charge on any atom is 0.407 e. The predicted molar refractivity (Wildman–Crippen MR) is 98.1 cm³/mol. The number of anilines is 1. The number of rotatable bonds is 3. The molecule has 0 unspecified atom stereocenters. The number of carbonyl (C=O) groups excluding carboxylic acids is 1. The molecule has 0 atom stereocenters. The Kier molecular flexibility index (Phi) is 6.37. The minimum atomic E-state index is -0.492. The van der Waals surface area contributed by atoms with Crippen LogP contribution in [0.3, 0.4) is 0 Å². The van der Waals surface area contributed by atoms with Gasteiger partial charge in [0.25, 0.3) is 0 Å². The highest BCUT2D eigenvalue weighted by Gasteiger charge is 2.25. The average Bonchev–Trinajstić information content (AvgIpc) is 2.42. The highest BCUT2D eigenvalue weighted by molar-refractivity contribution is 9.10. The van der Waals surface area contributed by atoms with Crippen LogP contribution in [-0.2, 0) is 4.74 Å². The quantitative estimate of drug-likeness (QED) is 0.678. The molecule has 0 saturated heterocycles. The normalized spacial score (nSPS) is 21.2. The van der Waals surface area contributed by atoms with Gasteiger partial charge in [-0.3, -0.25) is 0 Å². The van der Waals surface area contributed by atoms with Gasteiger partial charge in [-0.05, 0) is 74.5 Å². The third kappa shape index (κ3) is 5.81. The number of carbonyl (C=O) groups is 1. The second-order valence-corrected chi connectivity index (χ2v) is 8.35. The fraction of sp³-hybridized carbons (Fsp3) is 0.588. The summed E-state index contributed by atoms with van der Waals surface area (Å²) in [6.07, 6.45) is 3.12. The molecule has 0 heterocycles. The summed E-state index contributed by atoms with van der Waals surface area (Å²) in [5.41, 5.74) is 0.218. The highest BCUT2D eigenvalue weighted by Crippen LogP contribution is 2.34. The van der Waals surface area contributed by atoms with Crippen LogP contribution in [0.2, 0.25) is 5.02 Å². The third-order valence-electron chi connectivity index (χ3n) is 3.80. The molecule has 0 aromatic heterocycles. The lowest BCUT2D eigenvalue weighted by Crippen LogP contribution is -2.42. The smallest absolute Gasteiger partial charge is 0.407 e. The molecule has 1 aliphatic carbocycles. The Balaban J connectivity index is 1.84. The molecule has 1 fully saturated rings. The second-order valence-electron chi connectivity index (χ2n) is 7.08. The minimum Gasteiger partial charge on any atom is -0.444 e. The van der Waals surface area contributed by atoms with Crippen LogP contribution in [0.15, 0.2) is 16.6 Å². The van der Waals surface area contributed by atoms with E-state index >= 15 is 0 Å². The molecule has 4 nitrogen and oxygen atoms in total. The van der Waals surface area contributed by atoms with E-state index in [2.05, 4.69) is 26.6 Å². The van der Waals surface area contributed by atoms with E-state index in [0.717, 1.165) is 25.7 Å². The fourth-order valence-electron chi connectivity index (χ4n) is 2.74. The van der Waals surface area contributed by atoms with Gasteiger partial charge in [0, 0.05) is 16.6 Å². The van der Waals surface area contributed by atoms with E-state index in [9.17, 15) is 9.18 Å². The molecule has 134 valence electrons. The van der Waals surface area contributed by atoms with Crippen molar-refractivity contribution in [1.82, 2.24) is 5.32 Å². The van der Waals surface area contributed by atoms with E-state index < -0.39 is 5.60 Å². The number of hydrogen-bond donors (Lipinski definition) is 2. The molecule has 1 saturated carbocycles. The van der Waals surface area contributed by atoms with Gasteiger partial charge >= 0.3 is 6.09 Å². The first-order valence-electron chi connectivity index (χ1n) is 8.04. The maximum absolute atomic E-state index is 13.3. The maximum atomic E-state index is 13.3. The summed E-state index contributed by atoms with van der Waals surface area (Å²) >= 11 is 9.44. The SMILES string of the molecule is CC(C)(C)OC(=O)NC1CCC(Nc2c(Cl)cc(F)cc2Br)CC1. The van der Waals surface area contributed by atoms with E-state index in [4.69, 9.17) is 16.3 Å². The number of alkyl carbamates (subject to hydrolysis) is 1. The number of nitrogens with one attached hydrogen (secondary N) is 2. The van der Waals surface area contributed by atoms with Crippen molar-refractivity contribution in [3.05, 3.63) is 27.4 Å². The molecule has 1 amide bonds. The first kappa shape index (κ1) is 19.3. The summed E-state index contributed by atoms with van der Waals surface area (Å²) in [6.45, 7) is 5.53. The number of benzene rings is 1. The van der Waals surface area contributed by atoms with E-state index in [0.29, 0.717) is 15.2 Å². The summed E-state index contributed by atoms with van der Waals surface area (Å²) in [6, 6.07) is 3.04. The molecular weight excluding hydrogens is 399 g/mol. The molecule has 24 heavy (non-hydrogen) atoms. The lowest BCUT2D eigenvalue weighted by atomic mass is 9.91. The first-order valence-corrected chi connectivity index (χ1v) is 9.22. The van der Waals surface area contributed by atoms with Gasteiger partial charge in [0.2, 0.25) is 0 Å². The Bertz CT molecular complexity index is 576. The number of hydrogen-bond acceptors (Lipinski definition) is 3. The number of halogens is 3. The van der Waals surface area contributed by atoms with Crippen LogP contribution < -0.4 is 10.6 Å². The summed E-state index contributed by atoms with van der Waals surface area (Å²) in [5, 5.41) is 6.64. The van der Waals surface area contributed by atoms with Crippen LogP contribution in [0.5, 0.6) is 0 Å². The molecule has 0 spiro atoms. The van der Waals surface area contributed by atoms with Crippen molar-refractivity contribution in [1.29, 1.82) is 0 Å². The second kappa shape index (κ2) is 7.91. The topological polar surface area (TPSA) is 50.4 Å². The van der Waals surface area contributed by atoms with Gasteiger partial charge in [-0.25, -0.2) is 9.18 Å². The van der Waals surface area contributed by atoms with Crippen molar-refractivity contribution in [2.45, 2.75) is 64.1 Å². The molecule has 0 bridgehead atoms. The molecule has 1 aromatic carbocycles. The zero-order valence-electron chi connectivity index (χ0n) is 14.1. The van der Waals surface area contributed by atoms with Gasteiger partial charge in [0.1, 0.15) is 11.4 Å². The van der Waals surface area contributed by atoms with Gasteiger partial charge in [-0.1, -0.05) is 11.6 Å². The molecule has 2 rings (SSSR count). The standard InChI is InChI=1S/C17H23BrClFN2O2/c1-17(2,3)24-16(23)22-12-6-4-11(5-7-12)21-15-13(18)8-10(20)9-14(15)19/h8-9,11-12,21H,4-7H2,1-3H3,(H,22,23). The van der Waals surface area contributed by atoms with Crippen molar-refractivity contribution in [2.75, 3.05) is 5.32 Å². The zero-order valence-corrected chi connectivity index (χ0v) is 16.4. The monoisotopic (exact) mass is 420 g/mol. The van der Waals surface area contributed by atoms with Gasteiger partial charge in [0.05, 0.1) is 10.7 Å². The fourth-order valence-corrected chi connectivity index (χ4v) is 3.66. The predicted octanol–water partition coefficient (Wildman–Crippen LogP) is 5.49. The molecule has 7 heteroatoms. The van der Waals surface area contributed by atoms with Crippen LogP contribution in [-0.4, -0.2) is 23.8 Å². The van der Waals surface area contributed by atoms with Crippen molar-refractivity contribution in [2.24, 2.45) is 0 Å². The summed E-state index contributed by atoms with van der Waals surface area (Å²) in [4.78, 5) is 11.8. The van der Waals surface area contributed by atoms with Crippen molar-refractivity contribution < 1.29 is 13.9 Å². The zero-order chi connectivity index (χ0) is 17.9. The van der Waals surface area contributed by atoms with E-state index in [1.165, 1.54) is 12.1 Å². The molecule has 1 aromatic rings. The van der Waals surface area contributed by atoms with Crippen LogP contribution in [0.4, 0.5) is 14.9 Å². The minimum absolute atomic E-state index is 0.116. The van der Waals surface area contributed by atoms with Crippen LogP contribution in [0, 0.1) is 5.82 Å². The first-order chi connectivity index (χ1) is 11.1. The Morgan fingerprint density at radius 1 is 1.25 bits per heavy atom. The largest absolute Gasteiger partial charge is 0.444 e. The molecule has 0 aliphatic heterocycles. The van der Waals surface area contributed by atoms with Crippen molar-refractivity contribution in [3.8, 4) is 0 Å². The lowest BCUT2D eigenvalue weighted by Gasteiger charge is -2.31. The molecule has 1 aliphatic rings.